The zero-order valence-electron chi connectivity index (χ0n) is 25.2. The van der Waals surface area contributed by atoms with Crippen LogP contribution in [0.4, 0.5) is 10.8 Å². The number of carbonyl (C=O) groups is 3. The van der Waals surface area contributed by atoms with Crippen molar-refractivity contribution in [1.29, 1.82) is 0 Å². The minimum absolute atomic E-state index is 0.0532. The smallest absolute Gasteiger partial charge is 0.272 e. The minimum Gasteiger partial charge on any atom is -0.321 e. The summed E-state index contributed by atoms with van der Waals surface area (Å²) in [5.41, 5.74) is 4.41. The Bertz CT molecular complexity index is 2070. The fraction of sp³-hybridized carbons (Fsp3) is 0.0541. The molecule has 1 unspecified atom stereocenters. The monoisotopic (exact) mass is 655 g/mol. The fourth-order valence-electron chi connectivity index (χ4n) is 4.71. The zero-order chi connectivity index (χ0) is 32.6. The number of anilines is 2. The third-order valence-electron chi connectivity index (χ3n) is 6.98. The quantitative estimate of drug-likeness (QED) is 0.102. The van der Waals surface area contributed by atoms with Crippen LogP contribution >= 0.6 is 23.1 Å². The van der Waals surface area contributed by atoms with E-state index in [9.17, 15) is 14.4 Å². The number of aryl methyl sites for hydroxylation is 1. The Labute approximate surface area is 280 Å². The molecular formula is C37H29N5O3S2. The molecule has 8 nitrogen and oxygen atoms in total. The predicted octanol–water partition coefficient (Wildman–Crippen LogP) is 7.88. The van der Waals surface area contributed by atoms with Crippen molar-refractivity contribution >= 4 is 67.9 Å². The van der Waals surface area contributed by atoms with Crippen molar-refractivity contribution in [2.24, 2.45) is 0 Å². The second-order valence-corrected chi connectivity index (χ2v) is 12.7. The van der Waals surface area contributed by atoms with Crippen molar-refractivity contribution in [3.8, 4) is 0 Å². The van der Waals surface area contributed by atoms with Crippen LogP contribution in [0.5, 0.6) is 0 Å². The zero-order valence-corrected chi connectivity index (χ0v) is 26.8. The highest BCUT2D eigenvalue weighted by molar-refractivity contribution is 8.00. The number of hydrogen-bond acceptors (Lipinski definition) is 7. The lowest BCUT2D eigenvalue weighted by molar-refractivity contribution is -0.116. The number of aromatic nitrogens is 2. The number of hydrogen-bond donors (Lipinski definition) is 3. The van der Waals surface area contributed by atoms with E-state index >= 15 is 0 Å². The van der Waals surface area contributed by atoms with E-state index in [1.807, 2.05) is 61.5 Å². The Hall–Kier alpha value is -5.58. The van der Waals surface area contributed by atoms with Gasteiger partial charge in [0.15, 0.2) is 5.13 Å². The van der Waals surface area contributed by atoms with Crippen LogP contribution in [0.1, 0.15) is 32.3 Å². The lowest BCUT2D eigenvalue weighted by atomic mass is 10.1. The molecule has 0 bridgehead atoms. The van der Waals surface area contributed by atoms with E-state index in [1.165, 1.54) is 23.1 Å². The third kappa shape index (κ3) is 8.18. The Morgan fingerprint density at radius 2 is 1.62 bits per heavy atom. The first kappa shape index (κ1) is 31.4. The maximum absolute atomic E-state index is 13.7. The third-order valence-corrected chi connectivity index (χ3v) is 9.17. The van der Waals surface area contributed by atoms with Gasteiger partial charge in [0.05, 0.1) is 10.2 Å². The number of amides is 3. The van der Waals surface area contributed by atoms with Crippen molar-refractivity contribution < 1.29 is 14.4 Å². The maximum Gasteiger partial charge on any atom is 0.272 e. The second kappa shape index (κ2) is 14.7. The van der Waals surface area contributed by atoms with Crippen molar-refractivity contribution in [2.75, 3.05) is 10.6 Å². The lowest BCUT2D eigenvalue weighted by Crippen LogP contribution is -2.30. The maximum atomic E-state index is 13.7. The summed E-state index contributed by atoms with van der Waals surface area (Å²) in [4.78, 5) is 49.7. The predicted molar refractivity (Wildman–Crippen MR) is 189 cm³/mol. The highest BCUT2D eigenvalue weighted by Gasteiger charge is 2.24. The molecule has 0 radical (unpaired) electrons. The molecule has 0 saturated carbocycles. The average molecular weight is 656 g/mol. The highest BCUT2D eigenvalue weighted by Crippen LogP contribution is 2.38. The van der Waals surface area contributed by atoms with E-state index in [0.29, 0.717) is 21.9 Å². The largest absolute Gasteiger partial charge is 0.321 e. The standard InChI is InChI=1S/C37H29N5O3S2/c1-24-17-18-30-32(20-24)47-37(41-30)42-36(45)33(26-11-4-2-5-12-26)46-29-16-8-15-28(22-29)39-35(44)31(21-25-10-9-19-38-23-25)40-34(43)27-13-6-3-7-14-27/h2-23,33H,1H3,(H,39,44)(H,40,43)(H,41,42,45)/b31-21-. The lowest BCUT2D eigenvalue weighted by Gasteiger charge is -2.17. The highest BCUT2D eigenvalue weighted by atomic mass is 32.2. The van der Waals surface area contributed by atoms with Crippen LogP contribution in [0.25, 0.3) is 16.3 Å². The molecule has 3 amide bonds. The van der Waals surface area contributed by atoms with Crippen molar-refractivity contribution in [1.82, 2.24) is 15.3 Å². The van der Waals surface area contributed by atoms with Gasteiger partial charge in [0.2, 0.25) is 5.91 Å². The van der Waals surface area contributed by atoms with Gasteiger partial charge in [0, 0.05) is 28.5 Å². The molecule has 0 aliphatic heterocycles. The summed E-state index contributed by atoms with van der Waals surface area (Å²) in [6, 6.07) is 35.0. The van der Waals surface area contributed by atoms with Gasteiger partial charge in [0.1, 0.15) is 10.9 Å². The average Bonchev–Trinajstić information content (AvgIpc) is 3.49. The summed E-state index contributed by atoms with van der Waals surface area (Å²) < 4.78 is 1.00. The van der Waals surface area contributed by atoms with Gasteiger partial charge in [-0.1, -0.05) is 78.1 Å². The number of rotatable bonds is 10. The molecular weight excluding hydrogens is 627 g/mol. The number of benzene rings is 4. The van der Waals surface area contributed by atoms with Crippen LogP contribution in [-0.4, -0.2) is 27.7 Å². The Kier molecular flexibility index (Phi) is 9.81. The number of nitrogens with one attached hydrogen (secondary N) is 3. The molecule has 232 valence electrons. The molecule has 1 atom stereocenters. The van der Waals surface area contributed by atoms with E-state index in [-0.39, 0.29) is 11.6 Å². The van der Waals surface area contributed by atoms with Crippen molar-refractivity contribution in [3.63, 3.8) is 0 Å². The fourth-order valence-corrected chi connectivity index (χ4v) is 6.76. The van der Waals surface area contributed by atoms with Crippen LogP contribution in [0, 0.1) is 6.92 Å². The van der Waals surface area contributed by atoms with Gasteiger partial charge in [-0.15, -0.1) is 11.8 Å². The minimum atomic E-state index is -0.595. The van der Waals surface area contributed by atoms with E-state index in [2.05, 4.69) is 32.0 Å². The van der Waals surface area contributed by atoms with E-state index in [0.717, 1.165) is 26.2 Å². The van der Waals surface area contributed by atoms with Gasteiger partial charge in [-0.3, -0.25) is 19.4 Å². The molecule has 2 heterocycles. The summed E-state index contributed by atoms with van der Waals surface area (Å²) in [6.07, 6.45) is 4.80. The Morgan fingerprint density at radius 3 is 2.38 bits per heavy atom. The number of pyridine rings is 1. The Balaban J connectivity index is 1.22. The summed E-state index contributed by atoms with van der Waals surface area (Å²) in [5.74, 6) is -1.14. The van der Waals surface area contributed by atoms with Gasteiger partial charge < -0.3 is 16.0 Å². The van der Waals surface area contributed by atoms with Crippen LogP contribution in [-0.2, 0) is 9.59 Å². The number of nitrogens with zero attached hydrogens (tertiary/aromatic N) is 2. The molecule has 6 aromatic rings. The van der Waals surface area contributed by atoms with Gasteiger partial charge in [-0.05, 0) is 78.2 Å². The topological polar surface area (TPSA) is 113 Å². The van der Waals surface area contributed by atoms with E-state index in [1.54, 1.807) is 73.1 Å². The number of thioether (sulfide) groups is 1. The molecule has 10 heteroatoms. The van der Waals surface area contributed by atoms with Gasteiger partial charge >= 0.3 is 0 Å². The number of fused-ring (bicyclic) bond motifs is 1. The summed E-state index contributed by atoms with van der Waals surface area (Å²) in [5, 5.41) is 8.58. The first-order valence-corrected chi connectivity index (χ1v) is 16.4. The molecule has 4 aromatic carbocycles. The normalized spacial score (nSPS) is 11.9. The first-order valence-electron chi connectivity index (χ1n) is 14.7. The first-order chi connectivity index (χ1) is 22.9. The van der Waals surface area contributed by atoms with Crippen LogP contribution < -0.4 is 16.0 Å². The molecule has 0 fully saturated rings. The molecule has 0 spiro atoms. The Morgan fingerprint density at radius 1 is 0.830 bits per heavy atom. The molecule has 2 aromatic heterocycles. The van der Waals surface area contributed by atoms with Gasteiger partial charge in [-0.25, -0.2) is 4.98 Å². The molecule has 3 N–H and O–H groups in total. The molecule has 47 heavy (non-hydrogen) atoms. The molecule has 0 aliphatic carbocycles. The number of carbonyl (C=O) groups excluding carboxylic acids is 3. The molecule has 6 rings (SSSR count). The van der Waals surface area contributed by atoms with Crippen molar-refractivity contribution in [2.45, 2.75) is 17.1 Å². The summed E-state index contributed by atoms with van der Waals surface area (Å²) in [6.45, 7) is 2.02. The van der Waals surface area contributed by atoms with Gasteiger partial charge in [0.25, 0.3) is 11.8 Å². The summed E-state index contributed by atoms with van der Waals surface area (Å²) >= 11 is 2.79. The van der Waals surface area contributed by atoms with Crippen LogP contribution in [0.2, 0.25) is 0 Å². The van der Waals surface area contributed by atoms with Crippen LogP contribution in [0.15, 0.2) is 138 Å². The number of thiazole rings is 1. The second-order valence-electron chi connectivity index (χ2n) is 10.5. The van der Waals surface area contributed by atoms with Gasteiger partial charge in [-0.2, -0.15) is 0 Å². The molecule has 0 aliphatic rings. The van der Waals surface area contributed by atoms with Crippen LogP contribution in [0.3, 0.4) is 0 Å². The van der Waals surface area contributed by atoms with E-state index < -0.39 is 17.1 Å². The van der Waals surface area contributed by atoms with E-state index in [4.69, 9.17) is 0 Å². The van der Waals surface area contributed by atoms with Crippen molar-refractivity contribution in [3.05, 3.63) is 156 Å². The SMILES string of the molecule is Cc1ccc2nc(NC(=O)C(Sc3cccc(NC(=O)/C(=C/c4cccnc4)NC(=O)c4ccccc4)c3)c3ccccc3)sc2c1. The molecule has 0 saturated heterocycles. The summed E-state index contributed by atoms with van der Waals surface area (Å²) in [7, 11) is 0.